The quantitative estimate of drug-likeness (QED) is 0.831. The molecule has 0 unspecified atom stereocenters. The summed E-state index contributed by atoms with van der Waals surface area (Å²) in [6.07, 6.45) is 3.15. The molecule has 0 aliphatic carbocycles. The lowest BCUT2D eigenvalue weighted by molar-refractivity contribution is 0.466. The van der Waals surface area contributed by atoms with Gasteiger partial charge in [-0.1, -0.05) is 0 Å². The number of sulfonamides is 1. The number of hydrogen-bond acceptors (Lipinski definition) is 4. The normalized spacial score (nSPS) is 12.0. The third-order valence-corrected chi connectivity index (χ3v) is 4.89. The van der Waals surface area contributed by atoms with Gasteiger partial charge in [-0.25, -0.2) is 12.8 Å². The molecule has 8 heteroatoms. The number of aromatic nitrogens is 2. The van der Waals surface area contributed by atoms with E-state index in [1.165, 1.54) is 20.2 Å². The zero-order chi connectivity index (χ0) is 14.9. The second kappa shape index (κ2) is 5.22. The van der Waals surface area contributed by atoms with Crippen LogP contribution in [-0.2, 0) is 16.6 Å². The molecule has 0 saturated heterocycles. The van der Waals surface area contributed by atoms with E-state index in [2.05, 4.69) is 10.2 Å². The van der Waals surface area contributed by atoms with Crippen LogP contribution in [0.25, 0.3) is 0 Å². The minimum Gasteiger partial charge on any atom is -0.396 e. The molecule has 1 heterocycles. The molecular weight excluding hydrogens is 283 g/mol. The third kappa shape index (κ3) is 2.66. The number of nitrogen functional groups attached to an aromatic ring is 1. The molecule has 20 heavy (non-hydrogen) atoms. The van der Waals surface area contributed by atoms with E-state index < -0.39 is 15.8 Å². The standard InChI is InChI=1S/C12H15FN4O2S/c1-8-3-10(13)11(14)4-12(8)20(18,19)17(2)7-9-5-15-16-6-9/h3-6H,7,14H2,1-2H3,(H,15,16). The molecule has 1 aromatic heterocycles. The summed E-state index contributed by atoms with van der Waals surface area (Å²) in [6, 6.07) is 2.26. The van der Waals surface area contributed by atoms with Crippen LogP contribution in [0.4, 0.5) is 10.1 Å². The summed E-state index contributed by atoms with van der Waals surface area (Å²) in [5.74, 6) is -0.626. The van der Waals surface area contributed by atoms with Crippen molar-refractivity contribution in [3.05, 3.63) is 41.5 Å². The number of nitrogens with two attached hydrogens (primary N) is 1. The molecule has 2 rings (SSSR count). The topological polar surface area (TPSA) is 92.1 Å². The van der Waals surface area contributed by atoms with Crippen LogP contribution in [0.2, 0.25) is 0 Å². The number of halogens is 1. The van der Waals surface area contributed by atoms with Crippen molar-refractivity contribution in [1.82, 2.24) is 14.5 Å². The first-order valence-corrected chi connectivity index (χ1v) is 7.26. The lowest BCUT2D eigenvalue weighted by Crippen LogP contribution is -2.27. The average molecular weight is 298 g/mol. The molecule has 0 amide bonds. The number of aromatic amines is 1. The van der Waals surface area contributed by atoms with Crippen molar-refractivity contribution < 1.29 is 12.8 Å². The fourth-order valence-corrected chi connectivity index (χ4v) is 3.22. The number of benzene rings is 1. The molecule has 0 radical (unpaired) electrons. The highest BCUT2D eigenvalue weighted by Crippen LogP contribution is 2.24. The molecule has 0 fully saturated rings. The number of anilines is 1. The van der Waals surface area contributed by atoms with Gasteiger partial charge in [-0.15, -0.1) is 0 Å². The molecule has 0 spiro atoms. The molecule has 6 nitrogen and oxygen atoms in total. The van der Waals surface area contributed by atoms with E-state index in [0.29, 0.717) is 5.56 Å². The molecule has 0 atom stereocenters. The summed E-state index contributed by atoms with van der Waals surface area (Å²) in [5.41, 5.74) is 6.30. The molecule has 0 bridgehead atoms. The highest BCUT2D eigenvalue weighted by atomic mass is 32.2. The predicted octanol–water partition coefficient (Wildman–Crippen LogP) is 1.26. The van der Waals surface area contributed by atoms with E-state index in [9.17, 15) is 12.8 Å². The Labute approximate surface area is 116 Å². The molecule has 2 aromatic rings. The Morgan fingerprint density at radius 3 is 2.75 bits per heavy atom. The molecule has 0 saturated carbocycles. The highest BCUT2D eigenvalue weighted by Gasteiger charge is 2.24. The minimum atomic E-state index is -3.74. The zero-order valence-corrected chi connectivity index (χ0v) is 11.9. The minimum absolute atomic E-state index is 0.00222. The van der Waals surface area contributed by atoms with Gasteiger partial charge in [-0.05, 0) is 24.6 Å². The maximum absolute atomic E-state index is 13.3. The van der Waals surface area contributed by atoms with Crippen LogP contribution in [0.3, 0.4) is 0 Å². The monoisotopic (exact) mass is 298 g/mol. The number of hydrogen-bond donors (Lipinski definition) is 2. The first-order chi connectivity index (χ1) is 9.32. The van der Waals surface area contributed by atoms with Gasteiger partial charge in [-0.3, -0.25) is 5.10 Å². The Kier molecular flexibility index (Phi) is 3.78. The SMILES string of the molecule is Cc1cc(F)c(N)cc1S(=O)(=O)N(C)Cc1cn[nH]c1. The van der Waals surface area contributed by atoms with Crippen molar-refractivity contribution >= 4 is 15.7 Å². The molecule has 0 aliphatic rings. The molecule has 108 valence electrons. The van der Waals surface area contributed by atoms with Crippen LogP contribution in [0, 0.1) is 12.7 Å². The van der Waals surface area contributed by atoms with Gasteiger partial charge in [0.15, 0.2) is 0 Å². The largest absolute Gasteiger partial charge is 0.396 e. The Bertz CT molecular complexity index is 713. The van der Waals surface area contributed by atoms with Crippen LogP contribution >= 0.6 is 0 Å². The number of rotatable bonds is 4. The van der Waals surface area contributed by atoms with Gasteiger partial charge < -0.3 is 5.73 Å². The Balaban J connectivity index is 2.37. The maximum atomic E-state index is 13.3. The van der Waals surface area contributed by atoms with E-state index >= 15 is 0 Å². The second-order valence-corrected chi connectivity index (χ2v) is 6.52. The summed E-state index contributed by atoms with van der Waals surface area (Å²) < 4.78 is 39.4. The Morgan fingerprint density at radius 1 is 1.45 bits per heavy atom. The summed E-state index contributed by atoms with van der Waals surface area (Å²) in [7, 11) is -2.29. The molecule has 3 N–H and O–H groups in total. The number of nitrogens with zero attached hydrogens (tertiary/aromatic N) is 2. The summed E-state index contributed by atoms with van der Waals surface area (Å²) in [6.45, 7) is 1.69. The van der Waals surface area contributed by atoms with Crippen molar-refractivity contribution in [2.45, 2.75) is 18.4 Å². The molecule has 0 aliphatic heterocycles. The van der Waals surface area contributed by atoms with Crippen LogP contribution < -0.4 is 5.73 Å². The smallest absolute Gasteiger partial charge is 0.243 e. The fraction of sp³-hybridized carbons (Fsp3) is 0.250. The second-order valence-electron chi connectivity index (χ2n) is 4.51. The van der Waals surface area contributed by atoms with Crippen LogP contribution in [0.15, 0.2) is 29.4 Å². The number of nitrogens with one attached hydrogen (secondary N) is 1. The van der Waals surface area contributed by atoms with E-state index in [1.807, 2.05) is 0 Å². The van der Waals surface area contributed by atoms with Gasteiger partial charge in [0.05, 0.1) is 16.8 Å². The van der Waals surface area contributed by atoms with Crippen LogP contribution in [0.1, 0.15) is 11.1 Å². The van der Waals surface area contributed by atoms with Crippen molar-refractivity contribution in [1.29, 1.82) is 0 Å². The Morgan fingerprint density at radius 2 is 2.15 bits per heavy atom. The van der Waals surface area contributed by atoms with Crippen molar-refractivity contribution in [3.63, 3.8) is 0 Å². The van der Waals surface area contributed by atoms with Crippen molar-refractivity contribution in [2.75, 3.05) is 12.8 Å². The fourth-order valence-electron chi connectivity index (χ4n) is 1.82. The van der Waals surface area contributed by atoms with Crippen LogP contribution in [0.5, 0.6) is 0 Å². The van der Waals surface area contributed by atoms with Gasteiger partial charge in [0.2, 0.25) is 10.0 Å². The number of H-pyrrole nitrogens is 1. The lowest BCUT2D eigenvalue weighted by atomic mass is 10.2. The summed E-state index contributed by atoms with van der Waals surface area (Å²) in [4.78, 5) is 0.00222. The summed E-state index contributed by atoms with van der Waals surface area (Å²) >= 11 is 0. The zero-order valence-electron chi connectivity index (χ0n) is 11.1. The molecular formula is C12H15FN4O2S. The first kappa shape index (κ1) is 14.5. The lowest BCUT2D eigenvalue weighted by Gasteiger charge is -2.18. The van der Waals surface area contributed by atoms with Crippen molar-refractivity contribution in [2.24, 2.45) is 0 Å². The predicted molar refractivity (Wildman–Crippen MR) is 72.8 cm³/mol. The number of aryl methyl sites for hydroxylation is 1. The van der Waals surface area contributed by atoms with E-state index in [1.54, 1.807) is 6.20 Å². The van der Waals surface area contributed by atoms with Crippen molar-refractivity contribution in [3.8, 4) is 0 Å². The average Bonchev–Trinajstić information content (AvgIpc) is 2.86. The van der Waals surface area contributed by atoms with E-state index in [-0.39, 0.29) is 17.1 Å². The molecule has 1 aromatic carbocycles. The van der Waals surface area contributed by atoms with Gasteiger partial charge in [0.1, 0.15) is 5.82 Å². The van der Waals surface area contributed by atoms with E-state index in [0.717, 1.165) is 22.0 Å². The van der Waals surface area contributed by atoms with Gasteiger partial charge in [0.25, 0.3) is 0 Å². The maximum Gasteiger partial charge on any atom is 0.243 e. The van der Waals surface area contributed by atoms with Gasteiger partial charge in [-0.2, -0.15) is 9.40 Å². The first-order valence-electron chi connectivity index (χ1n) is 5.82. The summed E-state index contributed by atoms with van der Waals surface area (Å²) in [5, 5.41) is 6.37. The van der Waals surface area contributed by atoms with Gasteiger partial charge in [0, 0.05) is 25.4 Å². The van der Waals surface area contributed by atoms with E-state index in [4.69, 9.17) is 5.73 Å². The highest BCUT2D eigenvalue weighted by molar-refractivity contribution is 7.89. The van der Waals surface area contributed by atoms with Crippen LogP contribution in [-0.4, -0.2) is 30.0 Å². The van der Waals surface area contributed by atoms with Gasteiger partial charge >= 0.3 is 0 Å². The third-order valence-electron chi connectivity index (χ3n) is 2.94. The Hall–Kier alpha value is -1.93.